The molecular formula is C9H10N2. The molecule has 0 aliphatic rings. The van der Waals surface area contributed by atoms with Gasteiger partial charge in [-0.25, -0.2) is 0 Å². The van der Waals surface area contributed by atoms with E-state index in [1.54, 1.807) is 18.5 Å². The van der Waals surface area contributed by atoms with E-state index in [9.17, 15) is 0 Å². The van der Waals surface area contributed by atoms with Gasteiger partial charge in [-0.05, 0) is 18.1 Å². The summed E-state index contributed by atoms with van der Waals surface area (Å²) in [5.74, 6) is 0. The zero-order valence-corrected chi connectivity index (χ0v) is 6.49. The Hall–Kier alpha value is -1.44. The second-order valence-electron chi connectivity index (χ2n) is 2.22. The number of aromatic nitrogens is 2. The summed E-state index contributed by atoms with van der Waals surface area (Å²) in [6.45, 7) is 5.58. The zero-order valence-electron chi connectivity index (χ0n) is 6.49. The number of nitrogens with zero attached hydrogens (tertiary/aromatic N) is 2. The maximum Gasteiger partial charge on any atom is 0.0571 e. The van der Waals surface area contributed by atoms with Gasteiger partial charge in [-0.1, -0.05) is 24.8 Å². The van der Waals surface area contributed by atoms with Crippen LogP contribution in [0.25, 0.3) is 6.08 Å². The van der Waals surface area contributed by atoms with Crippen LogP contribution in [-0.4, -0.2) is 10.2 Å². The Balaban J connectivity index is 2.94. The lowest BCUT2D eigenvalue weighted by Crippen LogP contribution is -1.85. The minimum absolute atomic E-state index is 1.08. The molecule has 0 fully saturated rings. The van der Waals surface area contributed by atoms with E-state index in [1.165, 1.54) is 0 Å². The molecule has 0 saturated heterocycles. The third-order valence-electron chi connectivity index (χ3n) is 1.38. The summed E-state index contributed by atoms with van der Waals surface area (Å²) >= 11 is 0. The highest BCUT2D eigenvalue weighted by molar-refractivity contribution is 5.52. The molecule has 2 nitrogen and oxygen atoms in total. The van der Waals surface area contributed by atoms with Crippen molar-refractivity contribution in [3.63, 3.8) is 0 Å². The van der Waals surface area contributed by atoms with Crippen LogP contribution < -0.4 is 0 Å². The summed E-state index contributed by atoms with van der Waals surface area (Å²) in [5, 5.41) is 7.51. The first-order chi connectivity index (χ1) is 5.34. The van der Waals surface area contributed by atoms with Crippen molar-refractivity contribution in [2.24, 2.45) is 0 Å². The van der Waals surface area contributed by atoms with Gasteiger partial charge in [0.1, 0.15) is 0 Å². The summed E-state index contributed by atoms with van der Waals surface area (Å²) in [6.07, 6.45) is 9.04. The molecule has 0 aliphatic heterocycles. The minimum atomic E-state index is 1.08. The quantitative estimate of drug-likeness (QED) is 0.596. The van der Waals surface area contributed by atoms with E-state index < -0.39 is 0 Å². The predicted octanol–water partition coefficient (Wildman–Crippen LogP) is 1.98. The summed E-state index contributed by atoms with van der Waals surface area (Å²) in [4.78, 5) is 0. The number of rotatable bonds is 2. The molecule has 1 rings (SSSR count). The van der Waals surface area contributed by atoms with Gasteiger partial charge in [0, 0.05) is 0 Å². The average Bonchev–Trinajstić information content (AvgIpc) is 2.03. The first-order valence-electron chi connectivity index (χ1n) is 3.41. The van der Waals surface area contributed by atoms with E-state index in [2.05, 4.69) is 16.8 Å². The van der Waals surface area contributed by atoms with Gasteiger partial charge in [0.05, 0.1) is 12.4 Å². The molecule has 0 amide bonds. The van der Waals surface area contributed by atoms with Crippen LogP contribution in [0.15, 0.2) is 31.1 Å². The van der Waals surface area contributed by atoms with Gasteiger partial charge in [-0.2, -0.15) is 10.2 Å². The van der Waals surface area contributed by atoms with Crippen LogP contribution in [0.5, 0.6) is 0 Å². The van der Waals surface area contributed by atoms with Crippen molar-refractivity contribution in [3.8, 4) is 0 Å². The highest BCUT2D eigenvalue weighted by atomic mass is 15.1. The summed E-state index contributed by atoms with van der Waals surface area (Å²) in [7, 11) is 0. The van der Waals surface area contributed by atoms with Gasteiger partial charge in [-0.15, -0.1) is 0 Å². The number of aryl methyl sites for hydroxylation is 1. The molecule has 0 aromatic carbocycles. The topological polar surface area (TPSA) is 25.8 Å². The minimum Gasteiger partial charge on any atom is -0.159 e. The molecule has 0 bridgehead atoms. The van der Waals surface area contributed by atoms with E-state index in [0.29, 0.717) is 0 Å². The van der Waals surface area contributed by atoms with Crippen LogP contribution in [0.2, 0.25) is 0 Å². The van der Waals surface area contributed by atoms with Crippen molar-refractivity contribution in [2.75, 3.05) is 0 Å². The molecule has 56 valence electrons. The first-order valence-corrected chi connectivity index (χ1v) is 3.41. The second-order valence-corrected chi connectivity index (χ2v) is 2.22. The van der Waals surface area contributed by atoms with E-state index >= 15 is 0 Å². The fourth-order valence-electron chi connectivity index (χ4n) is 0.738. The fourth-order valence-corrected chi connectivity index (χ4v) is 0.738. The zero-order chi connectivity index (χ0) is 8.10. The molecule has 0 unspecified atom stereocenters. The SMILES string of the molecule is C=C/C=C\c1cnncc1C. The van der Waals surface area contributed by atoms with Crippen LogP contribution >= 0.6 is 0 Å². The second kappa shape index (κ2) is 3.66. The van der Waals surface area contributed by atoms with Gasteiger partial charge >= 0.3 is 0 Å². The van der Waals surface area contributed by atoms with E-state index in [4.69, 9.17) is 0 Å². The number of allylic oxidation sites excluding steroid dienone is 2. The molecule has 1 aromatic heterocycles. The van der Waals surface area contributed by atoms with Gasteiger partial charge in [0.25, 0.3) is 0 Å². The largest absolute Gasteiger partial charge is 0.159 e. The lowest BCUT2D eigenvalue weighted by atomic mass is 10.2. The van der Waals surface area contributed by atoms with Gasteiger partial charge in [0.15, 0.2) is 0 Å². The number of hydrogen-bond donors (Lipinski definition) is 0. The Labute approximate surface area is 66.3 Å². The molecule has 0 radical (unpaired) electrons. The van der Waals surface area contributed by atoms with Crippen LogP contribution in [0.1, 0.15) is 11.1 Å². The van der Waals surface area contributed by atoms with Crippen molar-refractivity contribution < 1.29 is 0 Å². The molecule has 1 aromatic rings. The maximum absolute atomic E-state index is 3.76. The van der Waals surface area contributed by atoms with Crippen LogP contribution in [0, 0.1) is 6.92 Å². The lowest BCUT2D eigenvalue weighted by Gasteiger charge is -1.94. The van der Waals surface area contributed by atoms with Crippen molar-refractivity contribution in [1.82, 2.24) is 10.2 Å². The smallest absolute Gasteiger partial charge is 0.0571 e. The normalized spacial score (nSPS) is 10.3. The van der Waals surface area contributed by atoms with Gasteiger partial charge in [-0.3, -0.25) is 0 Å². The molecule has 0 saturated carbocycles. The van der Waals surface area contributed by atoms with Crippen LogP contribution in [0.4, 0.5) is 0 Å². The first kappa shape index (κ1) is 7.66. The highest BCUT2D eigenvalue weighted by Crippen LogP contribution is 2.04. The molecule has 0 aliphatic carbocycles. The Morgan fingerprint density at radius 3 is 2.73 bits per heavy atom. The molecule has 0 N–H and O–H groups in total. The standard InChI is InChI=1S/C9H10N2/c1-3-4-5-9-7-11-10-6-8(9)2/h3-7H,1H2,2H3/b5-4-. The Bertz CT molecular complexity index is 277. The Morgan fingerprint density at radius 1 is 1.36 bits per heavy atom. The Kier molecular flexibility index (Phi) is 2.55. The van der Waals surface area contributed by atoms with Gasteiger partial charge < -0.3 is 0 Å². The van der Waals surface area contributed by atoms with E-state index in [1.807, 2.05) is 19.1 Å². The summed E-state index contributed by atoms with van der Waals surface area (Å²) < 4.78 is 0. The van der Waals surface area contributed by atoms with Crippen molar-refractivity contribution in [2.45, 2.75) is 6.92 Å². The van der Waals surface area contributed by atoms with Crippen LogP contribution in [-0.2, 0) is 0 Å². The molecule has 11 heavy (non-hydrogen) atoms. The lowest BCUT2D eigenvalue weighted by molar-refractivity contribution is 1.01. The van der Waals surface area contributed by atoms with Crippen molar-refractivity contribution >= 4 is 6.08 Å². The molecule has 0 spiro atoms. The highest BCUT2D eigenvalue weighted by Gasteiger charge is 1.90. The average molecular weight is 146 g/mol. The summed E-state index contributed by atoms with van der Waals surface area (Å²) in [6, 6.07) is 0. The van der Waals surface area contributed by atoms with E-state index in [-0.39, 0.29) is 0 Å². The number of hydrogen-bond acceptors (Lipinski definition) is 2. The monoisotopic (exact) mass is 146 g/mol. The van der Waals surface area contributed by atoms with Crippen molar-refractivity contribution in [1.29, 1.82) is 0 Å². The van der Waals surface area contributed by atoms with Crippen LogP contribution in [0.3, 0.4) is 0 Å². The Morgan fingerprint density at radius 2 is 2.09 bits per heavy atom. The third-order valence-corrected chi connectivity index (χ3v) is 1.38. The van der Waals surface area contributed by atoms with Gasteiger partial charge in [0.2, 0.25) is 0 Å². The van der Waals surface area contributed by atoms with E-state index in [0.717, 1.165) is 11.1 Å². The molecule has 0 atom stereocenters. The molecular weight excluding hydrogens is 136 g/mol. The maximum atomic E-state index is 3.76. The fraction of sp³-hybridized carbons (Fsp3) is 0.111. The third kappa shape index (κ3) is 2.00. The predicted molar refractivity (Wildman–Crippen MR) is 46.0 cm³/mol. The van der Waals surface area contributed by atoms with Crippen molar-refractivity contribution in [3.05, 3.63) is 42.3 Å². The molecule has 1 heterocycles. The molecule has 2 heteroatoms. The summed E-state index contributed by atoms with van der Waals surface area (Å²) in [5.41, 5.74) is 2.21.